The molecule has 0 amide bonds. The number of aromatic amines is 1. The number of halogens is 2. The molecule has 0 fully saturated rings. The van der Waals surface area contributed by atoms with Gasteiger partial charge in [0.1, 0.15) is 5.82 Å². The molecular formula is C14H11FIN3S. The van der Waals surface area contributed by atoms with Crippen LogP contribution in [0.25, 0.3) is 11.0 Å². The molecular weight excluding hydrogens is 388 g/mol. The lowest BCUT2D eigenvalue weighted by atomic mass is 10.3. The molecule has 0 radical (unpaired) electrons. The third-order valence-corrected chi connectivity index (χ3v) is 4.23. The molecule has 2 heterocycles. The maximum Gasteiger partial charge on any atom is 0.178 e. The highest BCUT2D eigenvalue weighted by atomic mass is 127. The molecule has 0 unspecified atom stereocenters. The Morgan fingerprint density at radius 2 is 2.20 bits per heavy atom. The predicted octanol–water partition coefficient (Wildman–Crippen LogP) is 4.19. The van der Waals surface area contributed by atoms with E-state index in [2.05, 4.69) is 9.97 Å². The topological polar surface area (TPSA) is 33.6 Å². The summed E-state index contributed by atoms with van der Waals surface area (Å²) in [6, 6.07) is 9.12. The number of imidazole rings is 1. The Balaban J connectivity index is 2.14. The summed E-state index contributed by atoms with van der Waals surface area (Å²) in [4.78, 5) is 7.57. The summed E-state index contributed by atoms with van der Waals surface area (Å²) in [5, 5.41) is 0. The Bertz CT molecular complexity index is 853. The van der Waals surface area contributed by atoms with Crippen molar-refractivity contribution in [2.45, 2.75) is 13.5 Å². The molecule has 3 rings (SSSR count). The van der Waals surface area contributed by atoms with E-state index in [1.54, 1.807) is 6.07 Å². The monoisotopic (exact) mass is 399 g/mol. The van der Waals surface area contributed by atoms with Crippen molar-refractivity contribution >= 4 is 45.8 Å². The van der Waals surface area contributed by atoms with E-state index in [1.807, 2.05) is 52.3 Å². The van der Waals surface area contributed by atoms with Crippen LogP contribution in [-0.4, -0.2) is 14.5 Å². The fourth-order valence-electron chi connectivity index (χ4n) is 2.16. The first-order valence-electron chi connectivity index (χ1n) is 6.05. The summed E-state index contributed by atoms with van der Waals surface area (Å²) in [5.41, 5.74) is 3.46. The first-order valence-corrected chi connectivity index (χ1v) is 7.53. The molecule has 102 valence electrons. The van der Waals surface area contributed by atoms with Crippen LogP contribution in [0.5, 0.6) is 0 Å². The lowest BCUT2D eigenvalue weighted by molar-refractivity contribution is 0.621. The Labute approximate surface area is 134 Å². The molecule has 0 aliphatic rings. The second-order valence-corrected chi connectivity index (χ2v) is 6.12. The predicted molar refractivity (Wildman–Crippen MR) is 87.9 cm³/mol. The molecule has 2 aromatic heterocycles. The molecule has 20 heavy (non-hydrogen) atoms. The molecule has 0 bridgehead atoms. The molecule has 1 aromatic carbocycles. The molecule has 0 aliphatic heterocycles. The van der Waals surface area contributed by atoms with Gasteiger partial charge in [0.2, 0.25) is 0 Å². The first-order chi connectivity index (χ1) is 9.54. The van der Waals surface area contributed by atoms with Crippen molar-refractivity contribution in [3.63, 3.8) is 0 Å². The minimum absolute atomic E-state index is 0.238. The van der Waals surface area contributed by atoms with Crippen molar-refractivity contribution in [2.75, 3.05) is 0 Å². The minimum atomic E-state index is -0.238. The standard InChI is InChI=1S/C14H11FIN3S/c1-8-3-2-4-9(17-8)7-19-13-5-10(15)11(16)6-12(13)18-14(19)20/h2-6H,7H2,1H3,(H,18,20). The van der Waals surface area contributed by atoms with Crippen molar-refractivity contribution in [1.82, 2.24) is 14.5 Å². The lowest BCUT2D eigenvalue weighted by Crippen LogP contribution is -2.02. The van der Waals surface area contributed by atoms with Crippen LogP contribution in [0.2, 0.25) is 0 Å². The van der Waals surface area contributed by atoms with Gasteiger partial charge in [0.15, 0.2) is 4.77 Å². The van der Waals surface area contributed by atoms with Crippen LogP contribution < -0.4 is 0 Å². The first kappa shape index (κ1) is 13.7. The van der Waals surface area contributed by atoms with E-state index < -0.39 is 0 Å². The number of hydrogen-bond donors (Lipinski definition) is 1. The van der Waals surface area contributed by atoms with Crippen LogP contribution in [0.3, 0.4) is 0 Å². The number of pyridine rings is 1. The van der Waals surface area contributed by atoms with Gasteiger partial charge in [-0.25, -0.2) is 4.39 Å². The highest BCUT2D eigenvalue weighted by Crippen LogP contribution is 2.21. The lowest BCUT2D eigenvalue weighted by Gasteiger charge is -2.05. The van der Waals surface area contributed by atoms with Gasteiger partial charge in [0.05, 0.1) is 26.8 Å². The average Bonchev–Trinajstić information content (AvgIpc) is 2.67. The van der Waals surface area contributed by atoms with E-state index in [4.69, 9.17) is 12.2 Å². The molecule has 3 aromatic rings. The molecule has 0 spiro atoms. The molecule has 0 atom stereocenters. The van der Waals surface area contributed by atoms with Gasteiger partial charge in [-0.2, -0.15) is 0 Å². The second kappa shape index (κ2) is 5.25. The number of aromatic nitrogens is 3. The van der Waals surface area contributed by atoms with E-state index >= 15 is 0 Å². The van der Waals surface area contributed by atoms with Crippen molar-refractivity contribution in [1.29, 1.82) is 0 Å². The fourth-order valence-corrected chi connectivity index (χ4v) is 2.90. The quantitative estimate of drug-likeness (QED) is 0.518. The van der Waals surface area contributed by atoms with Crippen molar-refractivity contribution in [3.05, 3.63) is 55.9 Å². The van der Waals surface area contributed by atoms with Gasteiger partial charge in [-0.1, -0.05) is 6.07 Å². The summed E-state index contributed by atoms with van der Waals surface area (Å²) < 4.78 is 16.8. The Kier molecular flexibility index (Phi) is 3.59. The number of benzene rings is 1. The van der Waals surface area contributed by atoms with Gasteiger partial charge in [-0.15, -0.1) is 0 Å². The molecule has 1 N–H and O–H groups in total. The number of H-pyrrole nitrogens is 1. The molecule has 3 nitrogen and oxygen atoms in total. The van der Waals surface area contributed by atoms with Crippen molar-refractivity contribution in [3.8, 4) is 0 Å². The number of nitrogens with one attached hydrogen (secondary N) is 1. The zero-order valence-electron chi connectivity index (χ0n) is 10.7. The van der Waals surface area contributed by atoms with Gasteiger partial charge >= 0.3 is 0 Å². The third kappa shape index (κ3) is 2.49. The summed E-state index contributed by atoms with van der Waals surface area (Å²) in [6.45, 7) is 2.47. The van der Waals surface area contributed by atoms with Crippen LogP contribution in [0.4, 0.5) is 4.39 Å². The SMILES string of the molecule is Cc1cccc(Cn2c(=S)[nH]c3cc(I)c(F)cc32)n1. The average molecular weight is 399 g/mol. The smallest absolute Gasteiger partial charge is 0.178 e. The number of aryl methyl sites for hydroxylation is 1. The minimum Gasteiger partial charge on any atom is -0.331 e. The summed E-state index contributed by atoms with van der Waals surface area (Å²) in [7, 11) is 0. The second-order valence-electron chi connectivity index (χ2n) is 4.57. The number of rotatable bonds is 2. The Hall–Kier alpha value is -1.28. The van der Waals surface area contributed by atoms with Crippen LogP contribution in [-0.2, 0) is 6.54 Å². The van der Waals surface area contributed by atoms with Gasteiger partial charge < -0.3 is 9.55 Å². The zero-order valence-corrected chi connectivity index (χ0v) is 13.6. The zero-order chi connectivity index (χ0) is 14.3. The molecule has 0 saturated carbocycles. The third-order valence-electron chi connectivity index (χ3n) is 3.08. The highest BCUT2D eigenvalue weighted by molar-refractivity contribution is 14.1. The Morgan fingerprint density at radius 1 is 1.40 bits per heavy atom. The van der Waals surface area contributed by atoms with Crippen molar-refractivity contribution < 1.29 is 4.39 Å². The maximum absolute atomic E-state index is 13.8. The number of hydrogen-bond acceptors (Lipinski definition) is 2. The molecule has 6 heteroatoms. The number of fused-ring (bicyclic) bond motifs is 1. The van der Waals surface area contributed by atoms with E-state index in [0.29, 0.717) is 14.9 Å². The summed E-state index contributed by atoms with van der Waals surface area (Å²) >= 11 is 7.30. The normalized spacial score (nSPS) is 11.2. The van der Waals surface area contributed by atoms with Crippen molar-refractivity contribution in [2.24, 2.45) is 0 Å². The Morgan fingerprint density at radius 3 is 2.95 bits per heavy atom. The fraction of sp³-hybridized carbons (Fsp3) is 0.143. The van der Waals surface area contributed by atoms with Crippen LogP contribution in [0, 0.1) is 21.1 Å². The molecule has 0 aliphatic carbocycles. The van der Waals surface area contributed by atoms with Gasteiger partial charge in [0.25, 0.3) is 0 Å². The summed E-state index contributed by atoms with van der Waals surface area (Å²) in [6.07, 6.45) is 0. The van der Waals surface area contributed by atoms with Gasteiger partial charge in [-0.3, -0.25) is 4.98 Å². The van der Waals surface area contributed by atoms with Crippen LogP contribution >= 0.6 is 34.8 Å². The van der Waals surface area contributed by atoms with Crippen LogP contribution in [0.1, 0.15) is 11.4 Å². The van der Waals surface area contributed by atoms with Gasteiger partial charge in [0, 0.05) is 11.8 Å². The van der Waals surface area contributed by atoms with Crippen LogP contribution in [0.15, 0.2) is 30.3 Å². The van der Waals surface area contributed by atoms with E-state index in [9.17, 15) is 4.39 Å². The maximum atomic E-state index is 13.8. The van der Waals surface area contributed by atoms with E-state index in [1.165, 1.54) is 6.07 Å². The van der Waals surface area contributed by atoms with E-state index in [-0.39, 0.29) is 5.82 Å². The largest absolute Gasteiger partial charge is 0.331 e. The summed E-state index contributed by atoms with van der Waals surface area (Å²) in [5.74, 6) is -0.238. The van der Waals surface area contributed by atoms with Gasteiger partial charge in [-0.05, 0) is 59.9 Å². The highest BCUT2D eigenvalue weighted by Gasteiger charge is 2.09. The van der Waals surface area contributed by atoms with E-state index in [0.717, 1.165) is 22.4 Å². The number of nitrogens with zero attached hydrogens (tertiary/aromatic N) is 2. The molecule has 0 saturated heterocycles.